The molecule has 6 rings (SSSR count). The van der Waals surface area contributed by atoms with Crippen molar-refractivity contribution in [3.8, 4) is 0 Å². The summed E-state index contributed by atoms with van der Waals surface area (Å²) >= 11 is 18.0. The molecule has 0 spiro atoms. The van der Waals surface area contributed by atoms with E-state index in [1.807, 2.05) is 20.8 Å². The number of hydrogen-bond donors (Lipinski definition) is 5. The first-order valence-corrected chi connectivity index (χ1v) is 27.8. The van der Waals surface area contributed by atoms with E-state index in [2.05, 4.69) is 48.2 Å². The number of hydrogen-bond acceptors (Lipinski definition) is 19. The van der Waals surface area contributed by atoms with Gasteiger partial charge in [0, 0.05) is 58.2 Å². The molecule has 0 bridgehead atoms. The molecule has 0 aliphatic carbocycles. The number of halogens is 6. The van der Waals surface area contributed by atoms with Crippen LogP contribution in [0.4, 0.5) is 35.4 Å². The maximum Gasteiger partial charge on any atom is 0.446 e. The molecule has 3 unspecified atom stereocenters. The lowest BCUT2D eigenvalue weighted by atomic mass is 10.00. The molecule has 1 amide bonds. The quantitative estimate of drug-likeness (QED) is 0.0466. The Morgan fingerprint density at radius 1 is 0.688 bits per heavy atom. The van der Waals surface area contributed by atoms with E-state index < -0.39 is 24.0 Å². The van der Waals surface area contributed by atoms with Crippen LogP contribution in [-0.2, 0) is 48.2 Å². The van der Waals surface area contributed by atoms with Crippen LogP contribution in [0, 0.1) is 0 Å². The van der Waals surface area contributed by atoms with Crippen LogP contribution in [0.2, 0.25) is 15.5 Å². The number of piperidine rings is 3. The van der Waals surface area contributed by atoms with Crippen molar-refractivity contribution in [3.63, 3.8) is 0 Å². The number of ether oxygens (including phenoxy) is 3. The fourth-order valence-corrected chi connectivity index (χ4v) is 9.30. The second kappa shape index (κ2) is 35.3. The van der Waals surface area contributed by atoms with Crippen LogP contribution in [0.15, 0.2) is 33.0 Å². The summed E-state index contributed by atoms with van der Waals surface area (Å²) in [6.07, 6.45) is 11.1. The third-order valence-electron chi connectivity index (χ3n) is 12.6. The number of rotatable bonds is 20. The van der Waals surface area contributed by atoms with E-state index in [9.17, 15) is 41.9 Å². The number of alkyl halides is 3. The molecule has 3 aliphatic rings. The number of nitrogens with one attached hydrogen (secondary N) is 4. The van der Waals surface area contributed by atoms with Crippen LogP contribution in [0.5, 0.6) is 0 Å². The van der Waals surface area contributed by atoms with Gasteiger partial charge in [-0.2, -0.15) is 13.2 Å². The van der Waals surface area contributed by atoms with Crippen molar-refractivity contribution in [2.24, 2.45) is 0 Å². The first-order valence-electron chi connectivity index (χ1n) is 26.7. The predicted octanol–water partition coefficient (Wildman–Crippen LogP) is 6.38. The molecular formula is C51H78Cl3F3N12O11. The molecular weight excluding hydrogens is 1120 g/mol. The summed E-state index contributed by atoms with van der Waals surface area (Å²) in [6.45, 7) is 13.5. The lowest BCUT2D eigenvalue weighted by Crippen LogP contribution is -2.46. The van der Waals surface area contributed by atoms with E-state index in [-0.39, 0.29) is 101 Å². The third kappa shape index (κ3) is 25.5. The fraction of sp³-hybridized carbons (Fsp3) is 0.686. The van der Waals surface area contributed by atoms with Gasteiger partial charge in [0.05, 0.1) is 44.8 Å². The summed E-state index contributed by atoms with van der Waals surface area (Å²) in [5.41, 5.74) is -1.51. The van der Waals surface area contributed by atoms with E-state index in [1.165, 1.54) is 84.7 Å². The lowest BCUT2D eigenvalue weighted by Gasteiger charge is -2.36. The zero-order valence-electron chi connectivity index (χ0n) is 46.4. The maximum absolute atomic E-state index is 12.6. The highest BCUT2D eigenvalue weighted by molar-refractivity contribution is 6.30. The number of esters is 2. The molecule has 3 aromatic rings. The van der Waals surface area contributed by atoms with Crippen molar-refractivity contribution in [2.75, 3.05) is 82.1 Å². The Labute approximate surface area is 478 Å². The van der Waals surface area contributed by atoms with Crippen LogP contribution in [-0.4, -0.2) is 164 Å². The Morgan fingerprint density at radius 2 is 1.11 bits per heavy atom. The smallest absolute Gasteiger partial charge is 0.446 e. The number of anilines is 3. The first kappa shape index (κ1) is 68.7. The SMILES string of the molecule is CC(=O)OCCn1c(Cl)cnc(NCCC2CCCCN2)c1=O.CC(=O)OCCn1c(Cl)cnc(NCCC2CCCCN2C(=O)OC(C)(C)C)c1=O.CN1CCCCC1CCNc1ncc(Cl)n(CCO)c1=O.O=CC(F)(F)F. The molecule has 0 saturated carbocycles. The Balaban J connectivity index is 0.000000304. The van der Waals surface area contributed by atoms with E-state index in [0.29, 0.717) is 50.5 Å². The summed E-state index contributed by atoms with van der Waals surface area (Å²) in [5.74, 6) is -0.0728. The zero-order valence-corrected chi connectivity index (χ0v) is 48.7. The van der Waals surface area contributed by atoms with Crippen molar-refractivity contribution in [2.45, 2.75) is 161 Å². The Kier molecular flexibility index (Phi) is 30.4. The highest BCUT2D eigenvalue weighted by Gasteiger charge is 2.30. The zero-order chi connectivity index (χ0) is 59.4. The summed E-state index contributed by atoms with van der Waals surface area (Å²) in [7, 11) is 2.15. The number of aliphatic hydroxyl groups excluding tert-OH is 1. The molecule has 80 heavy (non-hydrogen) atoms. The largest absolute Gasteiger partial charge is 0.464 e. The fourth-order valence-electron chi connectivity index (χ4n) is 8.67. The van der Waals surface area contributed by atoms with Gasteiger partial charge >= 0.3 is 24.2 Å². The van der Waals surface area contributed by atoms with Gasteiger partial charge in [0.25, 0.3) is 16.7 Å². The summed E-state index contributed by atoms with van der Waals surface area (Å²) in [6, 6.07) is 1.10. The minimum absolute atomic E-state index is 0.0413. The van der Waals surface area contributed by atoms with Crippen LogP contribution in [0.1, 0.15) is 112 Å². The number of carbonyl (C=O) groups excluding carboxylic acids is 4. The van der Waals surface area contributed by atoms with E-state index in [4.69, 9.17) is 58.9 Å². The molecule has 450 valence electrons. The van der Waals surface area contributed by atoms with Gasteiger partial charge < -0.3 is 50.4 Å². The summed E-state index contributed by atoms with van der Waals surface area (Å²) < 4.78 is 50.5. The highest BCUT2D eigenvalue weighted by Crippen LogP contribution is 2.23. The minimum Gasteiger partial charge on any atom is -0.464 e. The predicted molar refractivity (Wildman–Crippen MR) is 299 cm³/mol. The van der Waals surface area contributed by atoms with Crippen molar-refractivity contribution in [1.82, 2.24) is 43.8 Å². The Bertz CT molecular complexity index is 2600. The summed E-state index contributed by atoms with van der Waals surface area (Å²) in [5, 5.41) is 22.3. The van der Waals surface area contributed by atoms with Crippen LogP contribution in [0.3, 0.4) is 0 Å². The van der Waals surface area contributed by atoms with E-state index >= 15 is 0 Å². The lowest BCUT2D eigenvalue weighted by molar-refractivity contribution is -0.156. The number of aliphatic hydroxyl groups is 1. The van der Waals surface area contributed by atoms with Gasteiger partial charge in [-0.1, -0.05) is 47.6 Å². The molecule has 0 aromatic carbocycles. The maximum atomic E-state index is 12.6. The van der Waals surface area contributed by atoms with Crippen LogP contribution >= 0.6 is 34.8 Å². The molecule has 23 nitrogen and oxygen atoms in total. The number of aromatic nitrogens is 6. The minimum atomic E-state index is -4.64. The monoisotopic (exact) mass is 1200 g/mol. The average Bonchev–Trinajstić information content (AvgIpc) is 3.40. The standard InChI is InChI=1S/C20H31ClN4O5.C15H23ClN4O3.C14H23ClN4O2.C2HF3O/c1-14(26)29-12-11-25-16(21)13-23-17(18(25)27)22-9-8-15-7-5-6-10-24(15)19(28)30-20(2,3)4;1-11(21)23-9-8-20-13(16)10-19-14(15(20)22)18-7-5-12-4-2-3-6-17-12;1-18-7-3-2-4-11(18)5-6-16-13-14(21)19(8-9-20)12(15)10-17-13;3-2(4,5)1-6/h13,15H,5-12H2,1-4H3,(H,22,23);10,12,17H,2-9H2,1H3,(H,18,19);10-11,20H,2-9H2,1H3,(H,16,17);1H. The van der Waals surface area contributed by atoms with Gasteiger partial charge in [0.15, 0.2) is 17.5 Å². The highest BCUT2D eigenvalue weighted by atomic mass is 35.5. The van der Waals surface area contributed by atoms with Crippen LogP contribution < -0.4 is 37.9 Å². The molecule has 3 fully saturated rings. The number of carbonyl (C=O) groups is 4. The number of aldehydes is 1. The second-order valence-electron chi connectivity index (χ2n) is 20.0. The number of nitrogens with zero attached hydrogens (tertiary/aromatic N) is 8. The van der Waals surface area contributed by atoms with Crippen molar-refractivity contribution in [3.05, 3.63) is 65.1 Å². The third-order valence-corrected chi connectivity index (χ3v) is 13.5. The van der Waals surface area contributed by atoms with Gasteiger partial charge in [-0.25, -0.2) is 19.7 Å². The Hall–Kier alpha value is -5.54. The molecule has 5 N–H and O–H groups in total. The van der Waals surface area contributed by atoms with E-state index in [0.717, 1.165) is 45.2 Å². The second-order valence-corrected chi connectivity index (χ2v) is 21.1. The summed E-state index contributed by atoms with van der Waals surface area (Å²) in [4.78, 5) is 96.4. The number of amides is 1. The molecule has 3 aliphatic heterocycles. The molecule has 3 saturated heterocycles. The van der Waals surface area contributed by atoms with Crippen molar-refractivity contribution in [1.29, 1.82) is 0 Å². The van der Waals surface area contributed by atoms with Gasteiger partial charge in [-0.15, -0.1) is 0 Å². The molecule has 29 heteroatoms. The molecule has 3 atom stereocenters. The van der Waals surface area contributed by atoms with Crippen molar-refractivity contribution >= 4 is 76.6 Å². The normalized spacial score (nSPS) is 17.4. The molecule has 3 aromatic heterocycles. The van der Waals surface area contributed by atoms with Gasteiger partial charge in [-0.3, -0.25) is 42.5 Å². The molecule has 0 radical (unpaired) electrons. The first-order chi connectivity index (χ1) is 37.8. The van der Waals surface area contributed by atoms with Crippen LogP contribution in [0.25, 0.3) is 0 Å². The number of likely N-dealkylation sites (tertiary alicyclic amines) is 2. The molecule has 6 heterocycles. The topological polar surface area (TPSA) is 275 Å². The average molecular weight is 1200 g/mol. The van der Waals surface area contributed by atoms with Gasteiger partial charge in [0.1, 0.15) is 34.3 Å². The Morgan fingerprint density at radius 3 is 1.52 bits per heavy atom. The van der Waals surface area contributed by atoms with E-state index in [1.54, 1.807) is 4.90 Å². The van der Waals surface area contributed by atoms with Gasteiger partial charge in [-0.05, 0) is 105 Å². The van der Waals surface area contributed by atoms with Gasteiger partial charge in [0.2, 0.25) is 6.29 Å². The van der Waals surface area contributed by atoms with Crippen molar-refractivity contribution < 1.29 is 51.7 Å².